The lowest BCUT2D eigenvalue weighted by atomic mass is 10.1. The number of aromatic nitrogens is 1. The number of nitrogens with two attached hydrogens (primary N) is 1. The second-order valence-corrected chi connectivity index (χ2v) is 3.19. The number of methoxy groups -OCH3 is 1. The number of rotatable bonds is 4. The van der Waals surface area contributed by atoms with E-state index in [0.717, 1.165) is 11.1 Å². The highest BCUT2D eigenvalue weighted by molar-refractivity contribution is 5.29. The van der Waals surface area contributed by atoms with Gasteiger partial charge in [0.15, 0.2) is 0 Å². The van der Waals surface area contributed by atoms with Gasteiger partial charge in [-0.25, -0.2) is 4.98 Å². The van der Waals surface area contributed by atoms with Gasteiger partial charge in [-0.15, -0.1) is 0 Å². The van der Waals surface area contributed by atoms with Crippen LogP contribution >= 0.6 is 0 Å². The SMILES string of the molecule is COc1ncc([C@H](O)CCN)cc1C. The maximum absolute atomic E-state index is 9.65. The molecule has 0 amide bonds. The third-order valence-electron chi connectivity index (χ3n) is 2.07. The summed E-state index contributed by atoms with van der Waals surface area (Å²) in [6.45, 7) is 2.36. The van der Waals surface area contributed by atoms with E-state index in [-0.39, 0.29) is 0 Å². The average Bonchev–Trinajstić information content (AvgIpc) is 2.18. The van der Waals surface area contributed by atoms with Gasteiger partial charge in [-0.1, -0.05) is 0 Å². The fourth-order valence-corrected chi connectivity index (χ4v) is 1.30. The molecule has 0 fully saturated rings. The summed E-state index contributed by atoms with van der Waals surface area (Å²) in [6.07, 6.45) is 1.64. The van der Waals surface area contributed by atoms with Gasteiger partial charge in [-0.3, -0.25) is 0 Å². The number of nitrogens with zero attached hydrogens (tertiary/aromatic N) is 1. The van der Waals surface area contributed by atoms with E-state index in [2.05, 4.69) is 4.98 Å². The molecular formula is C10H16N2O2. The van der Waals surface area contributed by atoms with Crippen LogP contribution in [-0.4, -0.2) is 23.7 Å². The van der Waals surface area contributed by atoms with Gasteiger partial charge in [0.05, 0.1) is 13.2 Å². The summed E-state index contributed by atoms with van der Waals surface area (Å²) in [7, 11) is 1.57. The number of ether oxygens (including phenoxy) is 1. The molecule has 14 heavy (non-hydrogen) atoms. The van der Waals surface area contributed by atoms with Crippen LogP contribution < -0.4 is 10.5 Å². The van der Waals surface area contributed by atoms with Crippen molar-refractivity contribution in [1.82, 2.24) is 4.98 Å². The summed E-state index contributed by atoms with van der Waals surface area (Å²) in [5.74, 6) is 0.591. The van der Waals surface area contributed by atoms with Crippen molar-refractivity contribution in [3.8, 4) is 5.88 Å². The molecule has 1 heterocycles. The molecule has 1 aromatic heterocycles. The standard InChI is InChI=1S/C10H16N2O2/c1-7-5-8(9(13)3-4-11)6-12-10(7)14-2/h5-6,9,13H,3-4,11H2,1-2H3/t9-/m1/s1. The highest BCUT2D eigenvalue weighted by Crippen LogP contribution is 2.20. The molecule has 0 unspecified atom stereocenters. The summed E-state index contributed by atoms with van der Waals surface area (Å²) >= 11 is 0. The molecule has 1 atom stereocenters. The van der Waals surface area contributed by atoms with Crippen molar-refractivity contribution in [3.63, 3.8) is 0 Å². The third kappa shape index (κ3) is 2.43. The van der Waals surface area contributed by atoms with Crippen molar-refractivity contribution in [3.05, 3.63) is 23.4 Å². The minimum absolute atomic E-state index is 0.465. The van der Waals surface area contributed by atoms with Crippen LogP contribution in [0.15, 0.2) is 12.3 Å². The topological polar surface area (TPSA) is 68.4 Å². The van der Waals surface area contributed by atoms with Gasteiger partial charge in [0.1, 0.15) is 0 Å². The van der Waals surface area contributed by atoms with Crippen LogP contribution in [0.2, 0.25) is 0 Å². The van der Waals surface area contributed by atoms with Crippen molar-refractivity contribution in [2.75, 3.05) is 13.7 Å². The second-order valence-electron chi connectivity index (χ2n) is 3.19. The third-order valence-corrected chi connectivity index (χ3v) is 2.07. The molecule has 0 spiro atoms. The molecule has 0 saturated carbocycles. The predicted molar refractivity (Wildman–Crippen MR) is 54.2 cm³/mol. The fourth-order valence-electron chi connectivity index (χ4n) is 1.30. The van der Waals surface area contributed by atoms with E-state index < -0.39 is 6.10 Å². The number of pyridine rings is 1. The number of aliphatic hydroxyl groups is 1. The van der Waals surface area contributed by atoms with Crippen LogP contribution in [-0.2, 0) is 0 Å². The van der Waals surface area contributed by atoms with Gasteiger partial charge in [0.2, 0.25) is 5.88 Å². The van der Waals surface area contributed by atoms with Crippen LogP contribution in [0, 0.1) is 6.92 Å². The lowest BCUT2D eigenvalue weighted by Crippen LogP contribution is -2.07. The zero-order valence-electron chi connectivity index (χ0n) is 8.53. The normalized spacial score (nSPS) is 12.6. The summed E-state index contributed by atoms with van der Waals surface area (Å²) < 4.78 is 5.02. The molecule has 0 radical (unpaired) electrons. The molecule has 0 aliphatic rings. The van der Waals surface area contributed by atoms with Crippen molar-refractivity contribution in [2.45, 2.75) is 19.4 Å². The van der Waals surface area contributed by atoms with Gasteiger partial charge in [0, 0.05) is 11.8 Å². The van der Waals surface area contributed by atoms with E-state index in [1.807, 2.05) is 13.0 Å². The average molecular weight is 196 g/mol. The molecule has 3 N–H and O–H groups in total. The van der Waals surface area contributed by atoms with Gasteiger partial charge in [-0.05, 0) is 31.5 Å². The molecule has 0 aliphatic carbocycles. The van der Waals surface area contributed by atoms with Gasteiger partial charge in [-0.2, -0.15) is 0 Å². The van der Waals surface area contributed by atoms with E-state index in [4.69, 9.17) is 10.5 Å². The van der Waals surface area contributed by atoms with E-state index in [9.17, 15) is 5.11 Å². The van der Waals surface area contributed by atoms with Crippen LogP contribution in [0.3, 0.4) is 0 Å². The Morgan fingerprint density at radius 2 is 2.36 bits per heavy atom. The van der Waals surface area contributed by atoms with Gasteiger partial charge >= 0.3 is 0 Å². The van der Waals surface area contributed by atoms with Crippen LogP contribution in [0.4, 0.5) is 0 Å². The Labute approximate surface area is 83.7 Å². The first-order chi connectivity index (χ1) is 6.69. The summed E-state index contributed by atoms with van der Waals surface area (Å²) in [5, 5.41) is 9.65. The van der Waals surface area contributed by atoms with Gasteiger partial charge < -0.3 is 15.6 Å². The Kier molecular flexibility index (Phi) is 3.85. The van der Waals surface area contributed by atoms with E-state index in [1.165, 1.54) is 0 Å². The van der Waals surface area contributed by atoms with E-state index >= 15 is 0 Å². The first-order valence-corrected chi connectivity index (χ1v) is 4.57. The minimum atomic E-state index is -0.530. The molecule has 1 aromatic rings. The smallest absolute Gasteiger partial charge is 0.215 e. The monoisotopic (exact) mass is 196 g/mol. The molecule has 4 nitrogen and oxygen atoms in total. The second kappa shape index (κ2) is 4.93. The minimum Gasteiger partial charge on any atom is -0.481 e. The number of aryl methyl sites for hydroxylation is 1. The van der Waals surface area contributed by atoms with E-state index in [0.29, 0.717) is 18.8 Å². The lowest BCUT2D eigenvalue weighted by molar-refractivity contribution is 0.169. The number of hydrogen-bond acceptors (Lipinski definition) is 4. The summed E-state index contributed by atoms with van der Waals surface area (Å²) in [6, 6.07) is 1.87. The predicted octanol–water partition coefficient (Wildman–Crippen LogP) is 0.781. The Morgan fingerprint density at radius 1 is 1.64 bits per heavy atom. The largest absolute Gasteiger partial charge is 0.481 e. The molecule has 4 heteroatoms. The van der Waals surface area contributed by atoms with Crippen molar-refractivity contribution < 1.29 is 9.84 Å². The molecule has 0 aromatic carbocycles. The summed E-state index contributed by atoms with van der Waals surface area (Å²) in [5.41, 5.74) is 7.06. The zero-order chi connectivity index (χ0) is 10.6. The van der Waals surface area contributed by atoms with Crippen LogP contribution in [0.5, 0.6) is 5.88 Å². The highest BCUT2D eigenvalue weighted by atomic mass is 16.5. The van der Waals surface area contributed by atoms with Crippen molar-refractivity contribution in [2.24, 2.45) is 5.73 Å². The molecule has 0 aliphatic heterocycles. The highest BCUT2D eigenvalue weighted by Gasteiger charge is 2.09. The van der Waals surface area contributed by atoms with Crippen LogP contribution in [0.1, 0.15) is 23.7 Å². The van der Waals surface area contributed by atoms with Gasteiger partial charge in [0.25, 0.3) is 0 Å². The maximum atomic E-state index is 9.65. The lowest BCUT2D eigenvalue weighted by Gasteiger charge is -2.11. The van der Waals surface area contributed by atoms with Crippen LogP contribution in [0.25, 0.3) is 0 Å². The maximum Gasteiger partial charge on any atom is 0.215 e. The molecular weight excluding hydrogens is 180 g/mol. The molecule has 1 rings (SSSR count). The Morgan fingerprint density at radius 3 is 2.86 bits per heavy atom. The first kappa shape index (κ1) is 10.9. The number of hydrogen-bond donors (Lipinski definition) is 2. The Hall–Kier alpha value is -1.13. The number of aliphatic hydroxyl groups excluding tert-OH is 1. The molecule has 78 valence electrons. The Balaban J connectivity index is 2.85. The quantitative estimate of drug-likeness (QED) is 0.746. The van der Waals surface area contributed by atoms with E-state index in [1.54, 1.807) is 13.3 Å². The fraction of sp³-hybridized carbons (Fsp3) is 0.500. The first-order valence-electron chi connectivity index (χ1n) is 4.57. The Bertz CT molecular complexity index is 302. The summed E-state index contributed by atoms with van der Waals surface area (Å²) in [4.78, 5) is 4.08. The van der Waals surface area contributed by atoms with Crippen molar-refractivity contribution >= 4 is 0 Å². The molecule has 0 bridgehead atoms. The zero-order valence-corrected chi connectivity index (χ0v) is 8.53. The van der Waals surface area contributed by atoms with Crippen molar-refractivity contribution in [1.29, 1.82) is 0 Å². The molecule has 0 saturated heterocycles.